The van der Waals surface area contributed by atoms with Crippen LogP contribution in [-0.4, -0.2) is 17.2 Å². The minimum atomic E-state index is -0.126. The lowest BCUT2D eigenvalue weighted by molar-refractivity contribution is 0.390. The Hall–Kier alpha value is -1.42. The van der Waals surface area contributed by atoms with Crippen molar-refractivity contribution in [3.63, 3.8) is 0 Å². The third-order valence-corrected chi connectivity index (χ3v) is 3.11. The Morgan fingerprint density at radius 1 is 1.59 bits per heavy atom. The first-order valence-corrected chi connectivity index (χ1v) is 5.94. The number of azo groups is 1. The van der Waals surface area contributed by atoms with Crippen LogP contribution < -0.4 is 5.73 Å². The van der Waals surface area contributed by atoms with Crippen LogP contribution in [0.1, 0.15) is 32.3 Å². The number of nitrogens with two attached hydrogens (primary N) is 1. The fourth-order valence-corrected chi connectivity index (χ4v) is 1.58. The van der Waals surface area contributed by atoms with Gasteiger partial charge in [-0.3, -0.25) is 0 Å². The monoisotopic (exact) mass is 234 g/mol. The van der Waals surface area contributed by atoms with E-state index in [0.29, 0.717) is 0 Å². The smallest absolute Gasteiger partial charge is 0.162 e. The summed E-state index contributed by atoms with van der Waals surface area (Å²) in [6, 6.07) is 2.00. The first-order valence-electron chi connectivity index (χ1n) is 5.94. The Morgan fingerprint density at radius 2 is 2.29 bits per heavy atom. The lowest BCUT2D eigenvalue weighted by Crippen LogP contribution is -2.36. The molecule has 4 heteroatoms. The fourth-order valence-electron chi connectivity index (χ4n) is 1.58. The van der Waals surface area contributed by atoms with Crippen LogP contribution in [0, 0.1) is 0 Å². The van der Waals surface area contributed by atoms with Gasteiger partial charge in [-0.2, -0.15) is 5.11 Å². The topological polar surface area (TPSA) is 55.7 Å². The minimum absolute atomic E-state index is 0.126. The van der Waals surface area contributed by atoms with Crippen LogP contribution in [-0.2, 0) is 6.54 Å². The van der Waals surface area contributed by atoms with E-state index in [4.69, 9.17) is 5.73 Å². The number of hydrogen-bond donors (Lipinski definition) is 1. The molecular formula is C13H22N4. The third-order valence-electron chi connectivity index (χ3n) is 3.11. The SMILES string of the molecule is C=Cc1ccn(CCC(C)(N)CC)c1N=NC. The van der Waals surface area contributed by atoms with Gasteiger partial charge in [-0.1, -0.05) is 19.6 Å². The maximum atomic E-state index is 6.14. The standard InChI is InChI=1S/C13H22N4/c1-5-11-7-9-17(12(11)16-15-4)10-8-13(3,14)6-2/h5,7,9H,1,6,8,10,14H2,2-4H3. The average molecular weight is 234 g/mol. The number of rotatable bonds is 6. The summed E-state index contributed by atoms with van der Waals surface area (Å²) < 4.78 is 2.07. The zero-order valence-corrected chi connectivity index (χ0v) is 11.0. The van der Waals surface area contributed by atoms with Gasteiger partial charge in [-0.15, -0.1) is 5.11 Å². The summed E-state index contributed by atoms with van der Waals surface area (Å²) in [5, 5.41) is 7.98. The maximum absolute atomic E-state index is 6.14. The van der Waals surface area contributed by atoms with E-state index in [1.165, 1.54) is 0 Å². The van der Waals surface area contributed by atoms with Crippen molar-refractivity contribution in [2.45, 2.75) is 38.8 Å². The van der Waals surface area contributed by atoms with Gasteiger partial charge < -0.3 is 10.3 Å². The van der Waals surface area contributed by atoms with E-state index in [-0.39, 0.29) is 5.54 Å². The zero-order chi connectivity index (χ0) is 12.9. The molecule has 0 aromatic carbocycles. The predicted octanol–water partition coefficient (Wildman–Crippen LogP) is 3.36. The van der Waals surface area contributed by atoms with Gasteiger partial charge in [-0.05, 0) is 25.8 Å². The Kier molecular flexibility index (Phi) is 4.63. The Morgan fingerprint density at radius 3 is 2.82 bits per heavy atom. The fraction of sp³-hybridized carbons (Fsp3) is 0.538. The van der Waals surface area contributed by atoms with Crippen LogP contribution in [0.15, 0.2) is 29.1 Å². The Balaban J connectivity index is 2.84. The summed E-state index contributed by atoms with van der Waals surface area (Å²) in [4.78, 5) is 0. The van der Waals surface area contributed by atoms with Gasteiger partial charge in [0.2, 0.25) is 0 Å². The molecule has 1 aromatic rings. The molecule has 1 rings (SSSR count). The van der Waals surface area contributed by atoms with E-state index < -0.39 is 0 Å². The molecule has 0 aliphatic carbocycles. The molecule has 0 saturated heterocycles. The largest absolute Gasteiger partial charge is 0.331 e. The van der Waals surface area contributed by atoms with Crippen molar-refractivity contribution < 1.29 is 0 Å². The lowest BCUT2D eigenvalue weighted by atomic mass is 9.96. The molecule has 0 aliphatic heterocycles. The molecule has 0 aliphatic rings. The van der Waals surface area contributed by atoms with E-state index in [1.807, 2.05) is 12.3 Å². The first kappa shape index (κ1) is 13.6. The average Bonchev–Trinajstić information content (AvgIpc) is 2.70. The molecule has 1 heterocycles. The normalized spacial score (nSPS) is 15.1. The second-order valence-electron chi connectivity index (χ2n) is 4.55. The molecule has 0 bridgehead atoms. The highest BCUT2D eigenvalue weighted by Gasteiger charge is 2.16. The molecule has 1 unspecified atom stereocenters. The summed E-state index contributed by atoms with van der Waals surface area (Å²) in [6.07, 6.45) is 5.68. The van der Waals surface area contributed by atoms with E-state index in [1.54, 1.807) is 13.1 Å². The summed E-state index contributed by atoms with van der Waals surface area (Å²) in [7, 11) is 1.67. The number of nitrogens with zero attached hydrogens (tertiary/aromatic N) is 3. The van der Waals surface area contributed by atoms with Crippen LogP contribution in [0.2, 0.25) is 0 Å². The van der Waals surface area contributed by atoms with Gasteiger partial charge in [0.05, 0.1) is 0 Å². The molecule has 94 valence electrons. The molecule has 0 amide bonds. The van der Waals surface area contributed by atoms with Crippen LogP contribution in [0.4, 0.5) is 5.82 Å². The van der Waals surface area contributed by atoms with Gasteiger partial charge in [0.1, 0.15) is 0 Å². The predicted molar refractivity (Wildman–Crippen MR) is 72.5 cm³/mol. The molecule has 0 radical (unpaired) electrons. The van der Waals surface area contributed by atoms with Crippen LogP contribution in [0.5, 0.6) is 0 Å². The van der Waals surface area contributed by atoms with Crippen molar-refractivity contribution in [2.24, 2.45) is 16.0 Å². The molecule has 1 atom stereocenters. The van der Waals surface area contributed by atoms with E-state index >= 15 is 0 Å². The molecule has 2 N–H and O–H groups in total. The van der Waals surface area contributed by atoms with Crippen molar-refractivity contribution >= 4 is 11.9 Å². The summed E-state index contributed by atoms with van der Waals surface area (Å²) >= 11 is 0. The van der Waals surface area contributed by atoms with Gasteiger partial charge in [0.25, 0.3) is 0 Å². The zero-order valence-electron chi connectivity index (χ0n) is 11.0. The highest BCUT2D eigenvalue weighted by Crippen LogP contribution is 2.24. The maximum Gasteiger partial charge on any atom is 0.162 e. The van der Waals surface area contributed by atoms with E-state index in [2.05, 4.69) is 35.2 Å². The van der Waals surface area contributed by atoms with Crippen LogP contribution in [0.3, 0.4) is 0 Å². The van der Waals surface area contributed by atoms with Crippen molar-refractivity contribution in [1.29, 1.82) is 0 Å². The van der Waals surface area contributed by atoms with Gasteiger partial charge >= 0.3 is 0 Å². The highest BCUT2D eigenvalue weighted by atomic mass is 15.2. The van der Waals surface area contributed by atoms with Crippen LogP contribution in [0.25, 0.3) is 6.08 Å². The molecule has 17 heavy (non-hydrogen) atoms. The van der Waals surface area contributed by atoms with Crippen molar-refractivity contribution in [3.05, 3.63) is 24.4 Å². The van der Waals surface area contributed by atoms with Gasteiger partial charge in [0, 0.05) is 30.9 Å². The van der Waals surface area contributed by atoms with Gasteiger partial charge in [0.15, 0.2) is 5.82 Å². The van der Waals surface area contributed by atoms with E-state index in [9.17, 15) is 0 Å². The summed E-state index contributed by atoms with van der Waals surface area (Å²) in [5.41, 5.74) is 7.02. The molecular weight excluding hydrogens is 212 g/mol. The number of aryl methyl sites for hydroxylation is 1. The van der Waals surface area contributed by atoms with Crippen molar-refractivity contribution in [3.8, 4) is 0 Å². The Labute approximate surface area is 103 Å². The first-order chi connectivity index (χ1) is 8.04. The quantitative estimate of drug-likeness (QED) is 0.754. The van der Waals surface area contributed by atoms with Crippen molar-refractivity contribution in [1.82, 2.24) is 4.57 Å². The van der Waals surface area contributed by atoms with Gasteiger partial charge in [-0.25, -0.2) is 0 Å². The number of aromatic nitrogens is 1. The van der Waals surface area contributed by atoms with Crippen LogP contribution >= 0.6 is 0 Å². The molecule has 0 saturated carbocycles. The van der Waals surface area contributed by atoms with Crippen molar-refractivity contribution in [2.75, 3.05) is 7.05 Å². The molecule has 0 spiro atoms. The second kappa shape index (κ2) is 5.77. The minimum Gasteiger partial charge on any atom is -0.331 e. The Bertz CT molecular complexity index is 402. The summed E-state index contributed by atoms with van der Waals surface area (Å²) in [5.74, 6) is 0.856. The molecule has 0 fully saturated rings. The summed E-state index contributed by atoms with van der Waals surface area (Å²) in [6.45, 7) is 8.81. The second-order valence-corrected chi connectivity index (χ2v) is 4.55. The lowest BCUT2D eigenvalue weighted by Gasteiger charge is -2.23. The third kappa shape index (κ3) is 3.53. The molecule has 4 nitrogen and oxygen atoms in total. The van der Waals surface area contributed by atoms with E-state index in [0.717, 1.165) is 30.8 Å². The number of hydrogen-bond acceptors (Lipinski definition) is 3. The molecule has 1 aromatic heterocycles. The highest BCUT2D eigenvalue weighted by molar-refractivity contribution is 5.60.